The number of fused-ring (bicyclic) bond motifs is 1. The molecule has 6 nitrogen and oxygen atoms in total. The highest BCUT2D eigenvalue weighted by Crippen LogP contribution is 2.29. The number of carboxylic acids is 1. The smallest absolute Gasteiger partial charge is 0.335 e. The summed E-state index contributed by atoms with van der Waals surface area (Å²) in [5.41, 5.74) is 1.89. The fourth-order valence-electron chi connectivity index (χ4n) is 2.60. The van der Waals surface area contributed by atoms with Crippen molar-refractivity contribution >= 4 is 17.7 Å². The molecule has 0 saturated heterocycles. The first kappa shape index (κ1) is 15.3. The highest BCUT2D eigenvalue weighted by Gasteiger charge is 2.28. The van der Waals surface area contributed by atoms with Gasteiger partial charge in [0.2, 0.25) is 0 Å². The van der Waals surface area contributed by atoms with Crippen molar-refractivity contribution in [3.8, 4) is 0 Å². The zero-order chi connectivity index (χ0) is 15.4. The van der Waals surface area contributed by atoms with Crippen LogP contribution in [0.3, 0.4) is 0 Å². The number of aromatic carboxylic acids is 1. The summed E-state index contributed by atoms with van der Waals surface area (Å²) in [5, 5.41) is 18.1. The van der Waals surface area contributed by atoms with Crippen LogP contribution in [0.2, 0.25) is 0 Å². The van der Waals surface area contributed by atoms with Gasteiger partial charge in [-0.2, -0.15) is 0 Å². The largest absolute Gasteiger partial charge is 0.478 e. The van der Waals surface area contributed by atoms with E-state index < -0.39 is 5.97 Å². The fourth-order valence-corrected chi connectivity index (χ4v) is 2.60. The van der Waals surface area contributed by atoms with Gasteiger partial charge < -0.3 is 15.1 Å². The number of aliphatic hydroxyl groups is 1. The zero-order valence-corrected chi connectivity index (χ0v) is 12.1. The van der Waals surface area contributed by atoms with Gasteiger partial charge in [-0.05, 0) is 36.6 Å². The number of carbonyl (C=O) groups excluding carboxylic acids is 1. The van der Waals surface area contributed by atoms with Crippen LogP contribution in [0.1, 0.15) is 29.3 Å². The number of hydrogen-bond acceptors (Lipinski definition) is 3. The highest BCUT2D eigenvalue weighted by molar-refractivity contribution is 5.96. The van der Waals surface area contributed by atoms with Gasteiger partial charge in [-0.3, -0.25) is 4.90 Å². The van der Waals surface area contributed by atoms with Gasteiger partial charge in [0.25, 0.3) is 0 Å². The Bertz CT molecular complexity index is 538. The maximum absolute atomic E-state index is 12.5. The van der Waals surface area contributed by atoms with Crippen LogP contribution in [0, 0.1) is 0 Å². The van der Waals surface area contributed by atoms with Crippen LogP contribution in [0.25, 0.3) is 0 Å². The summed E-state index contributed by atoms with van der Waals surface area (Å²) in [6, 6.07) is 4.70. The van der Waals surface area contributed by atoms with Gasteiger partial charge in [-0.15, -0.1) is 0 Å². The third-order valence-electron chi connectivity index (χ3n) is 3.59. The molecule has 1 aliphatic heterocycles. The van der Waals surface area contributed by atoms with Crippen molar-refractivity contribution in [2.45, 2.75) is 19.8 Å². The monoisotopic (exact) mass is 292 g/mol. The van der Waals surface area contributed by atoms with Crippen LogP contribution in [-0.2, 0) is 6.42 Å². The molecule has 0 aromatic heterocycles. The summed E-state index contributed by atoms with van der Waals surface area (Å²) in [6.45, 7) is 3.37. The number of urea groups is 1. The molecule has 0 fully saturated rings. The number of carboxylic acid groups (broad SMARTS) is 1. The van der Waals surface area contributed by atoms with Gasteiger partial charge in [-0.1, -0.05) is 6.92 Å². The molecule has 2 N–H and O–H groups in total. The van der Waals surface area contributed by atoms with E-state index in [1.807, 2.05) is 6.92 Å². The average Bonchev–Trinajstić information content (AvgIpc) is 2.89. The van der Waals surface area contributed by atoms with Gasteiger partial charge in [0, 0.05) is 25.3 Å². The molecule has 1 heterocycles. The zero-order valence-electron chi connectivity index (χ0n) is 12.1. The fraction of sp³-hybridized carbons (Fsp3) is 0.467. The first-order valence-electron chi connectivity index (χ1n) is 7.12. The van der Waals surface area contributed by atoms with Crippen molar-refractivity contribution in [2.24, 2.45) is 0 Å². The second-order valence-electron chi connectivity index (χ2n) is 5.04. The summed E-state index contributed by atoms with van der Waals surface area (Å²) in [5.74, 6) is -0.963. The number of aliphatic hydroxyl groups excluding tert-OH is 1. The quantitative estimate of drug-likeness (QED) is 0.863. The summed E-state index contributed by atoms with van der Waals surface area (Å²) in [7, 11) is 0. The Morgan fingerprint density at radius 2 is 2.10 bits per heavy atom. The third kappa shape index (κ3) is 3.16. The molecular formula is C15H20N2O4. The summed E-state index contributed by atoms with van der Waals surface area (Å²) < 4.78 is 0. The van der Waals surface area contributed by atoms with E-state index in [0.717, 1.165) is 17.7 Å². The van der Waals surface area contributed by atoms with E-state index in [9.17, 15) is 9.59 Å². The predicted molar refractivity (Wildman–Crippen MR) is 78.8 cm³/mol. The Morgan fingerprint density at radius 3 is 2.71 bits per heavy atom. The summed E-state index contributed by atoms with van der Waals surface area (Å²) >= 11 is 0. The predicted octanol–water partition coefficient (Wildman–Crippen LogP) is 1.57. The van der Waals surface area contributed by atoms with E-state index in [1.54, 1.807) is 21.9 Å². The lowest BCUT2D eigenvalue weighted by Gasteiger charge is -2.27. The van der Waals surface area contributed by atoms with E-state index >= 15 is 0 Å². The first-order chi connectivity index (χ1) is 10.1. The van der Waals surface area contributed by atoms with E-state index in [4.69, 9.17) is 10.2 Å². The number of carbonyl (C=O) groups is 2. The van der Waals surface area contributed by atoms with Crippen LogP contribution in [0.5, 0.6) is 0 Å². The highest BCUT2D eigenvalue weighted by atomic mass is 16.4. The minimum absolute atomic E-state index is 0.0651. The molecule has 6 heteroatoms. The molecule has 0 unspecified atom stereocenters. The summed E-state index contributed by atoms with van der Waals surface area (Å²) in [6.07, 6.45) is 1.48. The van der Waals surface area contributed by atoms with E-state index in [0.29, 0.717) is 26.1 Å². The van der Waals surface area contributed by atoms with Crippen molar-refractivity contribution < 1.29 is 19.8 Å². The number of anilines is 1. The Labute approximate surface area is 123 Å². The standard InChI is InChI=1S/C15H20N2O4/c1-2-6-16(8-9-18)15(21)17-7-5-11-10-12(14(19)20)3-4-13(11)17/h3-4,10,18H,2,5-9H2,1H3,(H,19,20). The molecular weight excluding hydrogens is 272 g/mol. The molecule has 0 bridgehead atoms. The summed E-state index contributed by atoms with van der Waals surface area (Å²) in [4.78, 5) is 26.8. The SMILES string of the molecule is CCCN(CCO)C(=O)N1CCc2cc(C(=O)O)ccc21. The van der Waals surface area contributed by atoms with E-state index in [2.05, 4.69) is 0 Å². The maximum atomic E-state index is 12.5. The molecule has 1 aliphatic rings. The molecule has 2 amide bonds. The van der Waals surface area contributed by atoms with Gasteiger partial charge >= 0.3 is 12.0 Å². The normalized spacial score (nSPS) is 13.1. The van der Waals surface area contributed by atoms with E-state index in [1.165, 1.54) is 6.07 Å². The number of nitrogens with zero attached hydrogens (tertiary/aromatic N) is 2. The van der Waals surface area contributed by atoms with Gasteiger partial charge in [-0.25, -0.2) is 9.59 Å². The molecule has 114 valence electrons. The molecule has 0 radical (unpaired) electrons. The lowest BCUT2D eigenvalue weighted by Crippen LogP contribution is -2.44. The number of benzene rings is 1. The number of hydrogen-bond donors (Lipinski definition) is 2. The Morgan fingerprint density at radius 1 is 1.33 bits per heavy atom. The van der Waals surface area contributed by atoms with Crippen LogP contribution in [0.15, 0.2) is 18.2 Å². The minimum atomic E-state index is -0.963. The first-order valence-corrected chi connectivity index (χ1v) is 7.12. The Hall–Kier alpha value is -2.08. The maximum Gasteiger partial charge on any atom is 0.335 e. The molecule has 1 aromatic carbocycles. The van der Waals surface area contributed by atoms with Crippen molar-refractivity contribution in [3.63, 3.8) is 0 Å². The Balaban J connectivity index is 2.21. The lowest BCUT2D eigenvalue weighted by atomic mass is 10.1. The van der Waals surface area contributed by atoms with E-state index in [-0.39, 0.29) is 18.2 Å². The van der Waals surface area contributed by atoms with Gasteiger partial charge in [0.15, 0.2) is 0 Å². The van der Waals surface area contributed by atoms with Crippen LogP contribution >= 0.6 is 0 Å². The van der Waals surface area contributed by atoms with Crippen molar-refractivity contribution in [3.05, 3.63) is 29.3 Å². The molecule has 2 rings (SSSR count). The molecule has 0 atom stereocenters. The van der Waals surface area contributed by atoms with Crippen LogP contribution in [-0.4, -0.2) is 53.4 Å². The topological polar surface area (TPSA) is 81.1 Å². The van der Waals surface area contributed by atoms with Crippen molar-refractivity contribution in [1.82, 2.24) is 4.90 Å². The molecule has 0 spiro atoms. The second-order valence-corrected chi connectivity index (χ2v) is 5.04. The molecule has 21 heavy (non-hydrogen) atoms. The van der Waals surface area contributed by atoms with Crippen molar-refractivity contribution in [2.75, 3.05) is 31.1 Å². The van der Waals surface area contributed by atoms with Gasteiger partial charge in [0.05, 0.1) is 12.2 Å². The molecule has 0 aliphatic carbocycles. The van der Waals surface area contributed by atoms with Gasteiger partial charge in [0.1, 0.15) is 0 Å². The molecule has 0 saturated carbocycles. The van der Waals surface area contributed by atoms with Crippen LogP contribution < -0.4 is 4.90 Å². The number of rotatable bonds is 5. The lowest BCUT2D eigenvalue weighted by molar-refractivity contribution is 0.0697. The number of amides is 2. The Kier molecular flexibility index (Phi) is 4.80. The van der Waals surface area contributed by atoms with Crippen LogP contribution in [0.4, 0.5) is 10.5 Å². The molecule has 1 aromatic rings. The minimum Gasteiger partial charge on any atom is -0.478 e. The second kappa shape index (κ2) is 6.58. The average molecular weight is 292 g/mol. The third-order valence-corrected chi connectivity index (χ3v) is 3.59. The van der Waals surface area contributed by atoms with Crippen molar-refractivity contribution in [1.29, 1.82) is 0 Å².